The molecule has 0 aliphatic rings. The van der Waals surface area contributed by atoms with Crippen LogP contribution in [0, 0.1) is 0 Å². The largest absolute Gasteiger partial charge is 0.485 e. The number of rotatable bonds is 4. The van der Waals surface area contributed by atoms with E-state index in [2.05, 4.69) is 4.98 Å². The van der Waals surface area contributed by atoms with E-state index >= 15 is 0 Å². The fraction of sp³-hybridized carbons (Fsp3) is 0.0909. The highest BCUT2D eigenvalue weighted by atomic mass is 32.1. The quantitative estimate of drug-likeness (QED) is 0.741. The fourth-order valence-corrected chi connectivity index (χ4v) is 1.65. The second-order valence-corrected chi connectivity index (χ2v) is 3.76. The van der Waals surface area contributed by atoms with Crippen molar-refractivity contribution in [3.8, 4) is 5.75 Å². The molecule has 0 aliphatic heterocycles. The molecule has 0 radical (unpaired) electrons. The summed E-state index contributed by atoms with van der Waals surface area (Å²) in [6, 6.07) is 9.26. The van der Waals surface area contributed by atoms with Crippen molar-refractivity contribution in [2.75, 3.05) is 6.61 Å². The van der Waals surface area contributed by atoms with Gasteiger partial charge < -0.3 is 4.74 Å². The highest BCUT2D eigenvalue weighted by Crippen LogP contribution is 2.10. The Hall–Kier alpha value is -1.68. The van der Waals surface area contributed by atoms with Gasteiger partial charge in [-0.25, -0.2) is 4.98 Å². The van der Waals surface area contributed by atoms with Crippen molar-refractivity contribution < 1.29 is 9.53 Å². The third kappa shape index (κ3) is 2.63. The molecule has 2 rings (SSSR count). The van der Waals surface area contributed by atoms with Crippen molar-refractivity contribution in [2.24, 2.45) is 0 Å². The number of carbonyl (C=O) groups is 1. The van der Waals surface area contributed by atoms with Gasteiger partial charge in [-0.3, -0.25) is 4.79 Å². The molecular weight excluding hydrogens is 210 g/mol. The van der Waals surface area contributed by atoms with Crippen LogP contribution in [-0.4, -0.2) is 17.4 Å². The predicted octanol–water partition coefficient (Wildman–Crippen LogP) is 2.40. The summed E-state index contributed by atoms with van der Waals surface area (Å²) in [6.07, 6.45) is 1.61. The standard InChI is InChI=1S/C11H9NO2S/c13-10(11-12-6-7-15-11)8-14-9-4-2-1-3-5-9/h1-7H,8H2. The molecule has 0 unspecified atom stereocenters. The molecule has 0 aliphatic carbocycles. The highest BCUT2D eigenvalue weighted by Gasteiger charge is 2.08. The van der Waals surface area contributed by atoms with E-state index in [4.69, 9.17) is 4.74 Å². The first-order chi connectivity index (χ1) is 7.36. The maximum atomic E-state index is 11.5. The lowest BCUT2D eigenvalue weighted by Crippen LogP contribution is -2.10. The zero-order valence-corrected chi connectivity index (χ0v) is 8.74. The smallest absolute Gasteiger partial charge is 0.228 e. The molecule has 0 saturated heterocycles. The van der Waals surface area contributed by atoms with Crippen LogP contribution in [0.4, 0.5) is 0 Å². The lowest BCUT2D eigenvalue weighted by Gasteiger charge is -2.02. The van der Waals surface area contributed by atoms with Crippen LogP contribution in [0.15, 0.2) is 41.9 Å². The summed E-state index contributed by atoms with van der Waals surface area (Å²) in [5, 5.41) is 2.27. The Labute approximate surface area is 91.4 Å². The second-order valence-electron chi connectivity index (χ2n) is 2.86. The fourth-order valence-electron chi connectivity index (χ4n) is 1.09. The van der Waals surface area contributed by atoms with E-state index in [1.807, 2.05) is 30.3 Å². The van der Waals surface area contributed by atoms with E-state index < -0.39 is 0 Å². The first-order valence-electron chi connectivity index (χ1n) is 4.47. The molecule has 3 nitrogen and oxygen atoms in total. The number of nitrogens with zero attached hydrogens (tertiary/aromatic N) is 1. The number of hydrogen-bond donors (Lipinski definition) is 0. The van der Waals surface area contributed by atoms with E-state index in [9.17, 15) is 4.79 Å². The summed E-state index contributed by atoms with van der Waals surface area (Å²) >= 11 is 1.33. The van der Waals surface area contributed by atoms with Crippen molar-refractivity contribution in [1.29, 1.82) is 0 Å². The van der Waals surface area contributed by atoms with Gasteiger partial charge in [0.25, 0.3) is 0 Å². The summed E-state index contributed by atoms with van der Waals surface area (Å²) in [6.45, 7) is 0.0392. The predicted molar refractivity (Wildman–Crippen MR) is 58.4 cm³/mol. The molecule has 0 spiro atoms. The Bertz CT molecular complexity index is 425. The third-order valence-electron chi connectivity index (χ3n) is 1.78. The summed E-state index contributed by atoms with van der Waals surface area (Å²) in [5.74, 6) is 0.608. The van der Waals surface area contributed by atoms with E-state index in [0.29, 0.717) is 10.8 Å². The highest BCUT2D eigenvalue weighted by molar-refractivity contribution is 7.11. The van der Waals surface area contributed by atoms with E-state index in [0.717, 1.165) is 0 Å². The number of carbonyl (C=O) groups excluding carboxylic acids is 1. The SMILES string of the molecule is O=C(COc1ccccc1)c1nccs1. The molecule has 0 fully saturated rings. The summed E-state index contributed by atoms with van der Waals surface area (Å²) in [7, 11) is 0. The molecule has 4 heteroatoms. The minimum atomic E-state index is -0.0890. The maximum absolute atomic E-state index is 11.5. The summed E-state index contributed by atoms with van der Waals surface area (Å²) in [4.78, 5) is 15.4. The molecule has 0 amide bonds. The lowest BCUT2D eigenvalue weighted by molar-refractivity contribution is 0.0921. The molecule has 0 saturated carbocycles. The van der Waals surface area contributed by atoms with Crippen molar-refractivity contribution in [2.45, 2.75) is 0 Å². The van der Waals surface area contributed by atoms with E-state index in [1.165, 1.54) is 11.3 Å². The Morgan fingerprint density at radius 1 is 1.33 bits per heavy atom. The Balaban J connectivity index is 1.92. The molecule has 0 bridgehead atoms. The molecule has 1 heterocycles. The van der Waals surface area contributed by atoms with Crippen molar-refractivity contribution >= 4 is 17.1 Å². The molecular formula is C11H9NO2S. The van der Waals surface area contributed by atoms with Crippen LogP contribution in [0.3, 0.4) is 0 Å². The number of ether oxygens (including phenoxy) is 1. The monoisotopic (exact) mass is 219 g/mol. The van der Waals surface area contributed by atoms with Crippen LogP contribution in [0.1, 0.15) is 9.80 Å². The molecule has 0 N–H and O–H groups in total. The average molecular weight is 219 g/mol. The number of thiazole rings is 1. The number of aromatic nitrogens is 1. The summed E-state index contributed by atoms with van der Waals surface area (Å²) < 4.78 is 5.31. The minimum Gasteiger partial charge on any atom is -0.485 e. The topological polar surface area (TPSA) is 39.2 Å². The Morgan fingerprint density at radius 2 is 2.13 bits per heavy atom. The van der Waals surface area contributed by atoms with Crippen LogP contribution in [0.2, 0.25) is 0 Å². The van der Waals surface area contributed by atoms with Gasteiger partial charge in [-0.05, 0) is 12.1 Å². The van der Waals surface area contributed by atoms with Gasteiger partial charge in [0, 0.05) is 11.6 Å². The molecule has 1 aromatic heterocycles. The minimum absolute atomic E-state index is 0.0392. The average Bonchev–Trinajstić information content (AvgIpc) is 2.81. The van der Waals surface area contributed by atoms with Crippen LogP contribution >= 0.6 is 11.3 Å². The summed E-state index contributed by atoms with van der Waals surface area (Å²) in [5.41, 5.74) is 0. The van der Waals surface area contributed by atoms with Crippen LogP contribution in [-0.2, 0) is 0 Å². The van der Waals surface area contributed by atoms with E-state index in [-0.39, 0.29) is 12.4 Å². The normalized spacial score (nSPS) is 9.87. The van der Waals surface area contributed by atoms with Gasteiger partial charge in [-0.15, -0.1) is 11.3 Å². The Kier molecular flexibility index (Phi) is 3.09. The van der Waals surface area contributed by atoms with Crippen molar-refractivity contribution in [3.05, 3.63) is 46.9 Å². The molecule has 76 valence electrons. The third-order valence-corrected chi connectivity index (χ3v) is 2.60. The first-order valence-corrected chi connectivity index (χ1v) is 5.35. The number of Topliss-reactive ketones (excluding diaryl/α,β-unsaturated/α-hetero) is 1. The maximum Gasteiger partial charge on any atom is 0.228 e. The number of para-hydroxylation sites is 1. The molecule has 2 aromatic rings. The van der Waals surface area contributed by atoms with Crippen LogP contribution in [0.25, 0.3) is 0 Å². The van der Waals surface area contributed by atoms with Crippen molar-refractivity contribution in [3.63, 3.8) is 0 Å². The number of hydrogen-bond acceptors (Lipinski definition) is 4. The van der Waals surface area contributed by atoms with Gasteiger partial charge >= 0.3 is 0 Å². The molecule has 15 heavy (non-hydrogen) atoms. The second kappa shape index (κ2) is 4.70. The van der Waals surface area contributed by atoms with Gasteiger partial charge in [0.1, 0.15) is 5.75 Å². The Morgan fingerprint density at radius 3 is 2.80 bits per heavy atom. The van der Waals surface area contributed by atoms with Crippen LogP contribution < -0.4 is 4.74 Å². The van der Waals surface area contributed by atoms with Gasteiger partial charge in [0.15, 0.2) is 11.6 Å². The van der Waals surface area contributed by atoms with Crippen LogP contribution in [0.5, 0.6) is 5.75 Å². The van der Waals surface area contributed by atoms with Gasteiger partial charge in [-0.2, -0.15) is 0 Å². The van der Waals surface area contributed by atoms with Gasteiger partial charge in [-0.1, -0.05) is 18.2 Å². The number of ketones is 1. The first kappa shape index (κ1) is 9.86. The number of benzene rings is 1. The zero-order chi connectivity index (χ0) is 10.5. The molecule has 1 aromatic carbocycles. The molecule has 0 atom stereocenters. The van der Waals surface area contributed by atoms with Gasteiger partial charge in [0.2, 0.25) is 5.78 Å². The van der Waals surface area contributed by atoms with Crippen molar-refractivity contribution in [1.82, 2.24) is 4.98 Å². The zero-order valence-electron chi connectivity index (χ0n) is 7.92. The van der Waals surface area contributed by atoms with Gasteiger partial charge in [0.05, 0.1) is 0 Å². The lowest BCUT2D eigenvalue weighted by atomic mass is 10.3. The van der Waals surface area contributed by atoms with E-state index in [1.54, 1.807) is 11.6 Å².